The standard InChI is InChI=1S/C27H33Cl2FN2O/c1-27(2,3)23-17-32(26(33)20-6-9-24(28)25(29)14-20)16-21(23)15-31-12-10-19(11-13-31)18-4-7-22(30)8-5-18/h4-9,14,19,21,23H,10-13,15-17H2,1-3H3. The van der Waals surface area contributed by atoms with Gasteiger partial charge in [-0.1, -0.05) is 56.1 Å². The molecule has 33 heavy (non-hydrogen) atoms. The third-order valence-corrected chi connectivity index (χ3v) is 8.17. The summed E-state index contributed by atoms with van der Waals surface area (Å²) >= 11 is 12.2. The van der Waals surface area contributed by atoms with Gasteiger partial charge in [-0.3, -0.25) is 4.79 Å². The molecule has 2 aromatic rings. The van der Waals surface area contributed by atoms with Crippen LogP contribution in [0.2, 0.25) is 10.0 Å². The van der Waals surface area contributed by atoms with Crippen molar-refractivity contribution in [3.05, 3.63) is 69.5 Å². The number of carbonyl (C=O) groups is 1. The predicted molar refractivity (Wildman–Crippen MR) is 134 cm³/mol. The van der Waals surface area contributed by atoms with Gasteiger partial charge in [-0.05, 0) is 85.0 Å². The number of rotatable bonds is 4. The normalized spacial score (nSPS) is 22.7. The molecule has 1 amide bonds. The van der Waals surface area contributed by atoms with Crippen molar-refractivity contribution in [2.24, 2.45) is 17.3 Å². The Hall–Kier alpha value is -1.62. The summed E-state index contributed by atoms with van der Waals surface area (Å²) in [5.74, 6) is 1.21. The van der Waals surface area contributed by atoms with Gasteiger partial charge >= 0.3 is 0 Å². The maximum Gasteiger partial charge on any atom is 0.253 e. The second-order valence-corrected chi connectivity index (χ2v) is 11.5. The number of halogens is 3. The molecule has 2 fully saturated rings. The molecule has 0 bridgehead atoms. The summed E-state index contributed by atoms with van der Waals surface area (Å²) in [7, 11) is 0. The van der Waals surface area contributed by atoms with Gasteiger partial charge < -0.3 is 9.80 Å². The second-order valence-electron chi connectivity index (χ2n) is 10.7. The lowest BCUT2D eigenvalue weighted by atomic mass is 9.74. The van der Waals surface area contributed by atoms with E-state index in [0.717, 1.165) is 45.6 Å². The number of hydrogen-bond acceptors (Lipinski definition) is 2. The Balaban J connectivity index is 1.40. The lowest BCUT2D eigenvalue weighted by Crippen LogP contribution is -2.40. The van der Waals surface area contributed by atoms with Gasteiger partial charge in [0.15, 0.2) is 0 Å². The van der Waals surface area contributed by atoms with Crippen LogP contribution in [0.25, 0.3) is 0 Å². The van der Waals surface area contributed by atoms with Gasteiger partial charge in [0, 0.05) is 25.2 Å². The Morgan fingerprint density at radius 2 is 1.67 bits per heavy atom. The molecule has 0 N–H and O–H groups in total. The zero-order chi connectivity index (χ0) is 23.8. The highest BCUT2D eigenvalue weighted by Crippen LogP contribution is 2.40. The smallest absolute Gasteiger partial charge is 0.253 e. The molecule has 2 unspecified atom stereocenters. The summed E-state index contributed by atoms with van der Waals surface area (Å²) in [6, 6.07) is 12.1. The van der Waals surface area contributed by atoms with Crippen LogP contribution in [0.15, 0.2) is 42.5 Å². The number of piperidine rings is 1. The maximum absolute atomic E-state index is 13.3. The van der Waals surface area contributed by atoms with Crippen LogP contribution in [0.3, 0.4) is 0 Å². The van der Waals surface area contributed by atoms with Gasteiger partial charge in [-0.2, -0.15) is 0 Å². The fourth-order valence-electron chi connectivity index (χ4n) is 5.53. The monoisotopic (exact) mass is 490 g/mol. The quantitative estimate of drug-likeness (QED) is 0.473. The van der Waals surface area contributed by atoms with Gasteiger partial charge in [0.05, 0.1) is 10.0 Å². The van der Waals surface area contributed by atoms with Crippen molar-refractivity contribution in [1.29, 1.82) is 0 Å². The lowest BCUT2D eigenvalue weighted by Gasteiger charge is -2.37. The van der Waals surface area contributed by atoms with Crippen LogP contribution in [0, 0.1) is 23.1 Å². The first-order valence-corrected chi connectivity index (χ1v) is 12.6. The molecule has 178 valence electrons. The molecule has 4 rings (SSSR count). The van der Waals surface area contributed by atoms with Crippen LogP contribution in [0.4, 0.5) is 4.39 Å². The first kappa shape index (κ1) is 24.5. The SMILES string of the molecule is CC(C)(C)C1CN(C(=O)c2ccc(Cl)c(Cl)c2)CC1CN1CCC(c2ccc(F)cc2)CC1. The molecule has 0 aliphatic carbocycles. The molecule has 2 aromatic carbocycles. The molecule has 0 spiro atoms. The van der Waals surface area contributed by atoms with E-state index in [9.17, 15) is 9.18 Å². The Kier molecular flexibility index (Phi) is 7.38. The molecule has 3 nitrogen and oxygen atoms in total. The minimum atomic E-state index is -0.175. The summed E-state index contributed by atoms with van der Waals surface area (Å²) in [4.78, 5) is 17.8. The molecule has 6 heteroatoms. The highest BCUT2D eigenvalue weighted by atomic mass is 35.5. The maximum atomic E-state index is 13.3. The van der Waals surface area contributed by atoms with E-state index in [1.165, 1.54) is 5.56 Å². The fourth-order valence-corrected chi connectivity index (χ4v) is 5.83. The zero-order valence-corrected chi connectivity index (χ0v) is 21.2. The van der Waals surface area contributed by atoms with Gasteiger partial charge in [-0.25, -0.2) is 4.39 Å². The van der Waals surface area contributed by atoms with E-state index in [-0.39, 0.29) is 17.1 Å². The fraction of sp³-hybridized carbons (Fsp3) is 0.519. The molecular formula is C27H33Cl2FN2O. The largest absolute Gasteiger partial charge is 0.338 e. The van der Waals surface area contributed by atoms with Crippen LogP contribution < -0.4 is 0 Å². The lowest BCUT2D eigenvalue weighted by molar-refractivity contribution is 0.0775. The molecule has 2 saturated heterocycles. The first-order valence-electron chi connectivity index (χ1n) is 11.8. The average Bonchev–Trinajstić information content (AvgIpc) is 3.21. The van der Waals surface area contributed by atoms with E-state index in [4.69, 9.17) is 23.2 Å². The number of likely N-dealkylation sites (tertiary alicyclic amines) is 2. The van der Waals surface area contributed by atoms with Crippen LogP contribution in [0.1, 0.15) is 55.5 Å². The van der Waals surface area contributed by atoms with Gasteiger partial charge in [0.2, 0.25) is 0 Å². The van der Waals surface area contributed by atoms with Crippen molar-refractivity contribution in [3.8, 4) is 0 Å². The molecule has 0 aromatic heterocycles. The van der Waals surface area contributed by atoms with Crippen molar-refractivity contribution in [3.63, 3.8) is 0 Å². The topological polar surface area (TPSA) is 23.6 Å². The highest BCUT2D eigenvalue weighted by Gasteiger charge is 2.42. The summed E-state index contributed by atoms with van der Waals surface area (Å²) < 4.78 is 13.3. The van der Waals surface area contributed by atoms with Crippen LogP contribution in [0.5, 0.6) is 0 Å². The van der Waals surface area contributed by atoms with Crippen LogP contribution in [-0.2, 0) is 0 Å². The Labute approximate surface area is 206 Å². The molecule has 2 atom stereocenters. The van der Waals surface area contributed by atoms with Gasteiger partial charge in [-0.15, -0.1) is 0 Å². The zero-order valence-electron chi connectivity index (χ0n) is 19.7. The molecular weight excluding hydrogens is 458 g/mol. The number of carbonyl (C=O) groups excluding carboxylic acids is 1. The van der Waals surface area contributed by atoms with Gasteiger partial charge in [0.25, 0.3) is 5.91 Å². The molecule has 0 radical (unpaired) electrons. The Morgan fingerprint density at radius 3 is 2.27 bits per heavy atom. The Morgan fingerprint density at radius 1 is 1.00 bits per heavy atom. The summed E-state index contributed by atoms with van der Waals surface area (Å²) in [6.45, 7) is 11.4. The first-order chi connectivity index (χ1) is 15.6. The van der Waals surface area contributed by atoms with Gasteiger partial charge in [0.1, 0.15) is 5.82 Å². The van der Waals surface area contributed by atoms with E-state index < -0.39 is 0 Å². The van der Waals surface area contributed by atoms with Crippen molar-refractivity contribution in [2.75, 3.05) is 32.7 Å². The highest BCUT2D eigenvalue weighted by molar-refractivity contribution is 6.42. The second kappa shape index (κ2) is 9.93. The van der Waals surface area contributed by atoms with Crippen LogP contribution >= 0.6 is 23.2 Å². The number of benzene rings is 2. The third kappa shape index (κ3) is 5.72. The number of hydrogen-bond donors (Lipinski definition) is 0. The number of nitrogens with zero attached hydrogens (tertiary/aromatic N) is 2. The van der Waals surface area contributed by atoms with Crippen molar-refractivity contribution in [2.45, 2.75) is 39.5 Å². The van der Waals surface area contributed by atoms with Crippen molar-refractivity contribution in [1.82, 2.24) is 9.80 Å². The minimum Gasteiger partial charge on any atom is -0.338 e. The van der Waals surface area contributed by atoms with E-state index in [1.54, 1.807) is 30.3 Å². The minimum absolute atomic E-state index is 0.0281. The average molecular weight is 491 g/mol. The van der Waals surface area contributed by atoms with E-state index in [2.05, 4.69) is 25.7 Å². The summed E-state index contributed by atoms with van der Waals surface area (Å²) in [5.41, 5.74) is 1.95. The Bertz CT molecular complexity index is 981. The van der Waals surface area contributed by atoms with E-state index >= 15 is 0 Å². The van der Waals surface area contributed by atoms with E-state index in [1.807, 2.05) is 17.0 Å². The molecule has 2 aliphatic heterocycles. The molecule has 2 heterocycles. The predicted octanol–water partition coefficient (Wildman–Crippen LogP) is 6.75. The van der Waals surface area contributed by atoms with Crippen molar-refractivity contribution < 1.29 is 9.18 Å². The summed E-state index contributed by atoms with van der Waals surface area (Å²) in [6.07, 6.45) is 2.18. The van der Waals surface area contributed by atoms with Crippen molar-refractivity contribution >= 4 is 29.1 Å². The number of amides is 1. The molecule has 2 aliphatic rings. The van der Waals surface area contributed by atoms with E-state index in [0.29, 0.717) is 33.4 Å². The van der Waals surface area contributed by atoms with Crippen LogP contribution in [-0.4, -0.2) is 48.4 Å². The summed E-state index contributed by atoms with van der Waals surface area (Å²) in [5, 5.41) is 0.874. The third-order valence-electron chi connectivity index (χ3n) is 7.43. The molecule has 0 saturated carbocycles.